The fourth-order valence-electron chi connectivity index (χ4n) is 5.72. The third-order valence-corrected chi connectivity index (χ3v) is 8.74. The van der Waals surface area contributed by atoms with Crippen LogP contribution in [0.15, 0.2) is 0 Å². The van der Waals surface area contributed by atoms with Crippen molar-refractivity contribution in [1.29, 1.82) is 0 Å². The topological polar surface area (TPSA) is 152 Å². The summed E-state index contributed by atoms with van der Waals surface area (Å²) in [6, 6.07) is 0. The molecule has 0 aromatic carbocycles. The fourth-order valence-corrected chi connectivity index (χ4v) is 5.72. The number of aliphatic hydroxyl groups is 4. The van der Waals surface area contributed by atoms with Gasteiger partial charge in [-0.1, -0.05) is 136 Å². The van der Waals surface area contributed by atoms with Gasteiger partial charge < -0.3 is 39.4 Å². The van der Waals surface area contributed by atoms with Crippen LogP contribution in [0.5, 0.6) is 0 Å². The van der Waals surface area contributed by atoms with Crippen LogP contribution in [0.2, 0.25) is 0 Å². The number of hydrogen-bond acceptors (Lipinski definition) is 10. The zero-order valence-corrected chi connectivity index (χ0v) is 29.1. The molecule has 46 heavy (non-hydrogen) atoms. The summed E-state index contributed by atoms with van der Waals surface area (Å²) < 4.78 is 22.0. The zero-order valence-electron chi connectivity index (χ0n) is 29.1. The van der Waals surface area contributed by atoms with Gasteiger partial charge in [-0.05, 0) is 12.8 Å². The van der Waals surface area contributed by atoms with Gasteiger partial charge in [0, 0.05) is 12.8 Å². The zero-order chi connectivity index (χ0) is 33.8. The van der Waals surface area contributed by atoms with Gasteiger partial charge in [-0.15, -0.1) is 0 Å². The largest absolute Gasteiger partial charge is 0.462 e. The first kappa shape index (κ1) is 42.7. The van der Waals surface area contributed by atoms with E-state index >= 15 is 0 Å². The minimum absolute atomic E-state index is 0.210. The van der Waals surface area contributed by atoms with Crippen molar-refractivity contribution in [3.05, 3.63) is 0 Å². The van der Waals surface area contributed by atoms with Crippen LogP contribution in [0.25, 0.3) is 0 Å². The minimum Gasteiger partial charge on any atom is -0.462 e. The van der Waals surface area contributed by atoms with Crippen molar-refractivity contribution >= 4 is 11.9 Å². The van der Waals surface area contributed by atoms with E-state index in [0.29, 0.717) is 6.42 Å². The second-order valence-corrected chi connectivity index (χ2v) is 13.0. The molecule has 0 aromatic rings. The molecule has 1 heterocycles. The number of hydrogen-bond donors (Lipinski definition) is 4. The van der Waals surface area contributed by atoms with Crippen molar-refractivity contribution in [3.8, 4) is 0 Å². The SMILES string of the molecule is CCCCCCCCCCCCCCC(=O)OC[C@@H](CO[C@H]1O[C@@H](CO)[C@@H](O)C(O)C1O)OC(=O)CCCCCCCCCCC. The van der Waals surface area contributed by atoms with Crippen LogP contribution in [-0.4, -0.2) is 89.0 Å². The highest BCUT2D eigenvalue weighted by atomic mass is 16.7. The van der Waals surface area contributed by atoms with Crippen molar-refractivity contribution in [1.82, 2.24) is 0 Å². The Morgan fingerprint density at radius 2 is 1.02 bits per heavy atom. The molecule has 0 saturated carbocycles. The number of esters is 2. The summed E-state index contributed by atoms with van der Waals surface area (Å²) in [6.45, 7) is 3.38. The Kier molecular flexibility index (Phi) is 26.6. The van der Waals surface area contributed by atoms with E-state index in [1.54, 1.807) is 0 Å². The number of carbonyl (C=O) groups excluding carboxylic acids is 2. The van der Waals surface area contributed by atoms with Gasteiger partial charge in [0.05, 0.1) is 13.2 Å². The van der Waals surface area contributed by atoms with Crippen LogP contribution in [-0.2, 0) is 28.5 Å². The maximum absolute atomic E-state index is 12.6. The molecule has 2 unspecified atom stereocenters. The molecule has 0 aliphatic carbocycles. The Balaban J connectivity index is 2.40. The Hall–Kier alpha value is -1.30. The minimum atomic E-state index is -1.59. The number of ether oxygens (including phenoxy) is 4. The van der Waals surface area contributed by atoms with Crippen LogP contribution in [0.1, 0.15) is 162 Å². The highest BCUT2D eigenvalue weighted by molar-refractivity contribution is 5.70. The van der Waals surface area contributed by atoms with Crippen molar-refractivity contribution in [3.63, 3.8) is 0 Å². The van der Waals surface area contributed by atoms with Crippen LogP contribution in [0.4, 0.5) is 0 Å². The van der Waals surface area contributed by atoms with Gasteiger partial charge >= 0.3 is 11.9 Å². The molecule has 1 rings (SSSR count). The van der Waals surface area contributed by atoms with Crippen molar-refractivity contribution in [2.24, 2.45) is 0 Å². The van der Waals surface area contributed by atoms with Crippen LogP contribution < -0.4 is 0 Å². The van der Waals surface area contributed by atoms with Gasteiger partial charge in [-0.3, -0.25) is 9.59 Å². The molecule has 4 N–H and O–H groups in total. The van der Waals surface area contributed by atoms with Crippen molar-refractivity contribution in [2.45, 2.75) is 198 Å². The first-order valence-electron chi connectivity index (χ1n) is 18.6. The van der Waals surface area contributed by atoms with Gasteiger partial charge in [0.2, 0.25) is 0 Å². The quantitative estimate of drug-likeness (QED) is 0.0512. The van der Waals surface area contributed by atoms with Gasteiger partial charge in [0.15, 0.2) is 12.4 Å². The highest BCUT2D eigenvalue weighted by Crippen LogP contribution is 2.22. The maximum atomic E-state index is 12.6. The van der Waals surface area contributed by atoms with E-state index in [-0.39, 0.29) is 32.0 Å². The smallest absolute Gasteiger partial charge is 0.306 e. The molecular weight excluding hydrogens is 592 g/mol. The fraction of sp³-hybridized carbons (Fsp3) is 0.944. The average Bonchev–Trinajstić information content (AvgIpc) is 3.05. The molecule has 0 bridgehead atoms. The first-order chi connectivity index (χ1) is 22.3. The number of aliphatic hydroxyl groups excluding tert-OH is 4. The molecule has 0 amide bonds. The molecular formula is C36H68O10. The van der Waals surface area contributed by atoms with E-state index in [9.17, 15) is 30.0 Å². The van der Waals surface area contributed by atoms with Crippen LogP contribution >= 0.6 is 0 Å². The normalized spacial score (nSPS) is 22.1. The van der Waals surface area contributed by atoms with E-state index in [0.717, 1.165) is 38.5 Å². The highest BCUT2D eigenvalue weighted by Gasteiger charge is 2.44. The maximum Gasteiger partial charge on any atom is 0.306 e. The predicted octanol–water partition coefficient (Wildman–Crippen LogP) is 6.27. The van der Waals surface area contributed by atoms with E-state index in [1.165, 1.54) is 89.9 Å². The van der Waals surface area contributed by atoms with Crippen molar-refractivity contribution in [2.75, 3.05) is 19.8 Å². The summed E-state index contributed by atoms with van der Waals surface area (Å²) in [5, 5.41) is 39.8. The molecule has 1 aliphatic rings. The summed E-state index contributed by atoms with van der Waals surface area (Å²) in [5.41, 5.74) is 0. The van der Waals surface area contributed by atoms with Crippen LogP contribution in [0.3, 0.4) is 0 Å². The summed E-state index contributed by atoms with van der Waals surface area (Å²) in [5.74, 6) is -0.803. The summed E-state index contributed by atoms with van der Waals surface area (Å²) in [6.07, 6.45) is 16.9. The van der Waals surface area contributed by atoms with E-state index < -0.39 is 49.4 Å². The second kappa shape index (κ2) is 28.7. The summed E-state index contributed by atoms with van der Waals surface area (Å²) in [4.78, 5) is 25.0. The third-order valence-electron chi connectivity index (χ3n) is 8.74. The Bertz CT molecular complexity index is 734. The monoisotopic (exact) mass is 660 g/mol. The van der Waals surface area contributed by atoms with Crippen molar-refractivity contribution < 1.29 is 49.0 Å². The van der Waals surface area contributed by atoms with Gasteiger partial charge in [0.25, 0.3) is 0 Å². The van der Waals surface area contributed by atoms with Gasteiger partial charge in [-0.2, -0.15) is 0 Å². The van der Waals surface area contributed by atoms with Gasteiger partial charge in [-0.25, -0.2) is 0 Å². The summed E-state index contributed by atoms with van der Waals surface area (Å²) >= 11 is 0. The molecule has 10 heteroatoms. The van der Waals surface area contributed by atoms with E-state index in [2.05, 4.69) is 13.8 Å². The molecule has 10 nitrogen and oxygen atoms in total. The molecule has 272 valence electrons. The lowest BCUT2D eigenvalue weighted by molar-refractivity contribution is -0.305. The van der Waals surface area contributed by atoms with Gasteiger partial charge in [0.1, 0.15) is 31.0 Å². The Morgan fingerprint density at radius 3 is 1.48 bits per heavy atom. The third kappa shape index (κ3) is 20.8. The molecule has 0 aromatic heterocycles. The lowest BCUT2D eigenvalue weighted by Crippen LogP contribution is -2.59. The number of unbranched alkanes of at least 4 members (excludes halogenated alkanes) is 19. The number of rotatable bonds is 30. The lowest BCUT2D eigenvalue weighted by Gasteiger charge is -2.39. The lowest BCUT2D eigenvalue weighted by atomic mass is 9.99. The standard InChI is InChI=1S/C36H68O10/c1-3-5-7-9-11-13-14-15-17-18-20-22-24-31(38)43-27-29(28-44-36-35(42)34(41)33(40)30(26-37)46-36)45-32(39)25-23-21-19-16-12-10-8-6-4-2/h29-30,33-37,40-42H,3-28H2,1-2H3/t29-,30-,33+,34?,35?,36-/m0/s1. The summed E-state index contributed by atoms with van der Waals surface area (Å²) in [7, 11) is 0. The molecule has 0 radical (unpaired) electrons. The molecule has 0 spiro atoms. The van der Waals surface area contributed by atoms with E-state index in [4.69, 9.17) is 18.9 Å². The number of carbonyl (C=O) groups is 2. The molecule has 6 atom stereocenters. The molecule has 1 fully saturated rings. The van der Waals surface area contributed by atoms with Crippen LogP contribution in [0, 0.1) is 0 Å². The Labute approximate surface area is 278 Å². The molecule has 1 saturated heterocycles. The first-order valence-corrected chi connectivity index (χ1v) is 18.6. The molecule has 1 aliphatic heterocycles. The average molecular weight is 661 g/mol. The second-order valence-electron chi connectivity index (χ2n) is 13.0. The predicted molar refractivity (Wildman–Crippen MR) is 178 cm³/mol. The Morgan fingerprint density at radius 1 is 0.587 bits per heavy atom. The van der Waals surface area contributed by atoms with E-state index in [1.807, 2.05) is 0 Å².